The monoisotopic (exact) mass is 257 g/mol. The van der Waals surface area contributed by atoms with Crippen LogP contribution >= 0.6 is 11.6 Å². The maximum atomic E-state index is 13.0. The van der Waals surface area contributed by atoms with Crippen molar-refractivity contribution in [1.82, 2.24) is 5.32 Å². The lowest BCUT2D eigenvalue weighted by molar-refractivity contribution is 0.450. The molecule has 3 heteroatoms. The molecule has 0 saturated carbocycles. The SMILES string of the molecule is CNC(CCC(C)C)Cc1ccc(F)c(Cl)c1. The Hall–Kier alpha value is -0.600. The first kappa shape index (κ1) is 14.5. The van der Waals surface area contributed by atoms with E-state index in [9.17, 15) is 4.39 Å². The Morgan fingerprint density at radius 2 is 2.00 bits per heavy atom. The molecule has 0 aromatic heterocycles. The van der Waals surface area contributed by atoms with E-state index in [1.54, 1.807) is 12.1 Å². The fourth-order valence-corrected chi connectivity index (χ4v) is 2.04. The van der Waals surface area contributed by atoms with Gasteiger partial charge >= 0.3 is 0 Å². The summed E-state index contributed by atoms with van der Waals surface area (Å²) >= 11 is 5.77. The van der Waals surface area contributed by atoms with Gasteiger partial charge in [0.1, 0.15) is 5.82 Å². The zero-order valence-corrected chi connectivity index (χ0v) is 11.5. The summed E-state index contributed by atoms with van der Waals surface area (Å²) in [4.78, 5) is 0. The molecule has 1 unspecified atom stereocenters. The Balaban J connectivity index is 2.57. The van der Waals surface area contributed by atoms with Crippen LogP contribution in [0.3, 0.4) is 0 Å². The first-order valence-electron chi connectivity index (χ1n) is 6.14. The predicted octanol–water partition coefficient (Wildman–Crippen LogP) is 4.05. The molecule has 0 heterocycles. The van der Waals surface area contributed by atoms with E-state index in [0.29, 0.717) is 12.0 Å². The summed E-state index contributed by atoms with van der Waals surface area (Å²) in [6.07, 6.45) is 3.22. The molecule has 0 radical (unpaired) electrons. The van der Waals surface area contributed by atoms with Gasteiger partial charge in [0.15, 0.2) is 0 Å². The maximum Gasteiger partial charge on any atom is 0.141 e. The minimum absolute atomic E-state index is 0.209. The van der Waals surface area contributed by atoms with Gasteiger partial charge < -0.3 is 5.32 Å². The number of rotatable bonds is 6. The van der Waals surface area contributed by atoms with Crippen LogP contribution in [-0.2, 0) is 6.42 Å². The number of benzene rings is 1. The van der Waals surface area contributed by atoms with Crippen molar-refractivity contribution in [2.24, 2.45) is 5.92 Å². The highest BCUT2D eigenvalue weighted by Gasteiger charge is 2.09. The Morgan fingerprint density at radius 1 is 1.29 bits per heavy atom. The fourth-order valence-electron chi connectivity index (χ4n) is 1.83. The third-order valence-electron chi connectivity index (χ3n) is 2.97. The molecular weight excluding hydrogens is 237 g/mol. The molecule has 1 aromatic carbocycles. The normalized spacial score (nSPS) is 13.1. The highest BCUT2D eigenvalue weighted by Crippen LogP contribution is 2.18. The molecule has 0 bridgehead atoms. The highest BCUT2D eigenvalue weighted by molar-refractivity contribution is 6.30. The summed E-state index contributed by atoms with van der Waals surface area (Å²) in [5, 5.41) is 3.51. The smallest absolute Gasteiger partial charge is 0.141 e. The molecule has 1 aromatic rings. The molecule has 1 nitrogen and oxygen atoms in total. The van der Waals surface area contributed by atoms with Gasteiger partial charge in [-0.3, -0.25) is 0 Å². The van der Waals surface area contributed by atoms with Crippen molar-refractivity contribution in [3.63, 3.8) is 0 Å². The second-order valence-corrected chi connectivity index (χ2v) is 5.32. The molecule has 0 spiro atoms. The topological polar surface area (TPSA) is 12.0 Å². The quantitative estimate of drug-likeness (QED) is 0.811. The maximum absolute atomic E-state index is 13.0. The third-order valence-corrected chi connectivity index (χ3v) is 3.26. The van der Waals surface area contributed by atoms with Crippen molar-refractivity contribution in [3.8, 4) is 0 Å². The average molecular weight is 258 g/mol. The summed E-state index contributed by atoms with van der Waals surface area (Å²) in [5.74, 6) is 0.362. The molecule has 1 atom stereocenters. The van der Waals surface area contributed by atoms with Gasteiger partial charge in [0.25, 0.3) is 0 Å². The second-order valence-electron chi connectivity index (χ2n) is 4.91. The first-order valence-corrected chi connectivity index (χ1v) is 6.52. The second kappa shape index (κ2) is 6.97. The average Bonchev–Trinajstić information content (AvgIpc) is 2.28. The van der Waals surface area contributed by atoms with Gasteiger partial charge in [0.2, 0.25) is 0 Å². The third kappa shape index (κ3) is 5.05. The van der Waals surface area contributed by atoms with E-state index >= 15 is 0 Å². The van der Waals surface area contributed by atoms with Gasteiger partial charge in [-0.25, -0.2) is 4.39 Å². The summed E-state index contributed by atoms with van der Waals surface area (Å²) in [7, 11) is 1.97. The van der Waals surface area contributed by atoms with Crippen molar-refractivity contribution in [1.29, 1.82) is 0 Å². The minimum Gasteiger partial charge on any atom is -0.317 e. The molecule has 0 amide bonds. The molecule has 0 aliphatic rings. The van der Waals surface area contributed by atoms with Crippen LogP contribution in [0, 0.1) is 11.7 Å². The van der Waals surface area contributed by atoms with Crippen LogP contribution in [0.15, 0.2) is 18.2 Å². The first-order chi connectivity index (χ1) is 8.02. The largest absolute Gasteiger partial charge is 0.317 e. The van der Waals surface area contributed by atoms with Gasteiger partial charge in [-0.05, 0) is 49.9 Å². The van der Waals surface area contributed by atoms with E-state index < -0.39 is 0 Å². The van der Waals surface area contributed by atoms with Crippen LogP contribution in [0.4, 0.5) is 4.39 Å². The van der Waals surface area contributed by atoms with Crippen LogP contribution in [0.2, 0.25) is 5.02 Å². The highest BCUT2D eigenvalue weighted by atomic mass is 35.5. The van der Waals surface area contributed by atoms with Gasteiger partial charge in [0, 0.05) is 6.04 Å². The van der Waals surface area contributed by atoms with E-state index in [1.807, 2.05) is 7.05 Å². The molecule has 1 rings (SSSR count). The Bertz CT molecular complexity index is 352. The zero-order valence-electron chi connectivity index (χ0n) is 10.8. The van der Waals surface area contributed by atoms with E-state index in [4.69, 9.17) is 11.6 Å². The Kier molecular flexibility index (Phi) is 5.93. The van der Waals surface area contributed by atoms with Gasteiger partial charge in [-0.2, -0.15) is 0 Å². The van der Waals surface area contributed by atoms with E-state index in [-0.39, 0.29) is 10.8 Å². The summed E-state index contributed by atoms with van der Waals surface area (Å²) < 4.78 is 13.0. The van der Waals surface area contributed by atoms with Crippen LogP contribution in [0.5, 0.6) is 0 Å². The van der Waals surface area contributed by atoms with Crippen molar-refractivity contribution < 1.29 is 4.39 Å². The van der Waals surface area contributed by atoms with Gasteiger partial charge in [0.05, 0.1) is 5.02 Å². The lowest BCUT2D eigenvalue weighted by atomic mass is 9.98. The van der Waals surface area contributed by atoms with E-state index in [0.717, 1.165) is 18.4 Å². The standard InChI is InChI=1S/C14H21ClFN/c1-10(2)4-6-12(17-3)8-11-5-7-14(16)13(15)9-11/h5,7,9-10,12,17H,4,6,8H2,1-3H3. The molecule has 17 heavy (non-hydrogen) atoms. The van der Waals surface area contributed by atoms with Crippen molar-refractivity contribution in [2.45, 2.75) is 39.2 Å². The zero-order chi connectivity index (χ0) is 12.8. The molecule has 0 aliphatic heterocycles. The summed E-state index contributed by atoms with van der Waals surface area (Å²) in [5.41, 5.74) is 1.08. The Labute approximate surface area is 108 Å². The Morgan fingerprint density at radius 3 is 2.53 bits per heavy atom. The lowest BCUT2D eigenvalue weighted by Crippen LogP contribution is -2.27. The number of hydrogen-bond acceptors (Lipinski definition) is 1. The fraction of sp³-hybridized carbons (Fsp3) is 0.571. The number of halogens is 2. The van der Waals surface area contributed by atoms with Gasteiger partial charge in [-0.1, -0.05) is 31.5 Å². The van der Waals surface area contributed by atoms with Crippen LogP contribution in [0.1, 0.15) is 32.3 Å². The van der Waals surface area contributed by atoms with E-state index in [1.165, 1.54) is 12.5 Å². The molecule has 0 saturated heterocycles. The summed E-state index contributed by atoms with van der Waals surface area (Å²) in [6.45, 7) is 4.45. The van der Waals surface area contributed by atoms with Crippen LogP contribution in [-0.4, -0.2) is 13.1 Å². The number of hydrogen-bond donors (Lipinski definition) is 1. The number of nitrogens with one attached hydrogen (secondary N) is 1. The molecular formula is C14H21ClFN. The molecule has 0 fully saturated rings. The molecule has 0 aliphatic carbocycles. The lowest BCUT2D eigenvalue weighted by Gasteiger charge is -2.17. The van der Waals surface area contributed by atoms with Crippen LogP contribution in [0.25, 0.3) is 0 Å². The van der Waals surface area contributed by atoms with E-state index in [2.05, 4.69) is 19.2 Å². The predicted molar refractivity (Wildman–Crippen MR) is 72.0 cm³/mol. The minimum atomic E-state index is -0.349. The molecule has 96 valence electrons. The van der Waals surface area contributed by atoms with Crippen molar-refractivity contribution in [3.05, 3.63) is 34.6 Å². The number of likely N-dealkylation sites (N-methyl/N-ethyl adjacent to an activating group) is 1. The van der Waals surface area contributed by atoms with Crippen LogP contribution < -0.4 is 5.32 Å². The summed E-state index contributed by atoms with van der Waals surface area (Å²) in [6, 6.07) is 5.39. The molecule has 1 N–H and O–H groups in total. The van der Waals surface area contributed by atoms with Gasteiger partial charge in [-0.15, -0.1) is 0 Å². The van der Waals surface area contributed by atoms with Crippen molar-refractivity contribution >= 4 is 11.6 Å². The van der Waals surface area contributed by atoms with Crippen molar-refractivity contribution in [2.75, 3.05) is 7.05 Å².